The van der Waals surface area contributed by atoms with Gasteiger partial charge in [-0.2, -0.15) is 9.97 Å². The van der Waals surface area contributed by atoms with E-state index in [2.05, 4.69) is 4.90 Å². The van der Waals surface area contributed by atoms with Crippen LogP contribution in [0.1, 0.15) is 28.8 Å². The third-order valence-electron chi connectivity index (χ3n) is 9.45. The number of rotatable bonds is 18. The molecule has 2 aliphatic heterocycles. The van der Waals surface area contributed by atoms with Crippen LogP contribution >= 0.6 is 0 Å². The third-order valence-corrected chi connectivity index (χ3v) is 9.45. The molecule has 1 aromatic carbocycles. The highest BCUT2D eigenvalue weighted by atomic mass is 16.5. The Morgan fingerprint density at radius 1 is 0.808 bits per heavy atom. The molecule has 0 saturated carbocycles. The Bertz CT molecular complexity index is 1670. The van der Waals surface area contributed by atoms with Crippen molar-refractivity contribution in [2.75, 3.05) is 134 Å². The molecule has 2 fully saturated rings. The van der Waals surface area contributed by atoms with Crippen LogP contribution < -0.4 is 24.3 Å². The van der Waals surface area contributed by atoms with Gasteiger partial charge in [-0.05, 0) is 30.5 Å². The predicted octanol–water partition coefficient (Wildman–Crippen LogP) is 1.77. The molecule has 5 rings (SSSR count). The quantitative estimate of drug-likeness (QED) is 0.201. The summed E-state index contributed by atoms with van der Waals surface area (Å²) in [6.45, 7) is 5.69. The van der Waals surface area contributed by atoms with Crippen LogP contribution in [0.3, 0.4) is 0 Å². The Morgan fingerprint density at radius 3 is 1.92 bits per heavy atom. The molecule has 284 valence electrons. The molecule has 3 aromatic rings. The molecule has 17 nitrogen and oxygen atoms in total. The SMILES string of the molecule is COCCN(Cc1ccc(C(=O)O)c(OC)c1)c1nc(N2CCN(C)C(=O)C2)c2nc(N(CCOC)CCOC)nc(N3CCC(OC)CC3)c2n1. The molecular weight excluding hydrogens is 674 g/mol. The number of carbonyl (C=O) groups excluding carboxylic acids is 1. The number of likely N-dealkylation sites (N-methyl/N-ethyl adjacent to an activating group) is 1. The Morgan fingerprint density at radius 2 is 1.38 bits per heavy atom. The number of fused-ring (bicyclic) bond motifs is 1. The summed E-state index contributed by atoms with van der Waals surface area (Å²) in [4.78, 5) is 55.5. The zero-order chi connectivity index (χ0) is 37.2. The van der Waals surface area contributed by atoms with Crippen molar-refractivity contribution in [3.05, 3.63) is 29.3 Å². The third kappa shape index (κ3) is 9.07. The van der Waals surface area contributed by atoms with Gasteiger partial charge >= 0.3 is 5.97 Å². The molecule has 0 unspecified atom stereocenters. The van der Waals surface area contributed by atoms with Crippen LogP contribution in [0, 0.1) is 0 Å². The molecule has 2 saturated heterocycles. The van der Waals surface area contributed by atoms with Crippen molar-refractivity contribution in [1.29, 1.82) is 0 Å². The highest BCUT2D eigenvalue weighted by molar-refractivity contribution is 5.97. The molecule has 0 atom stereocenters. The van der Waals surface area contributed by atoms with E-state index in [9.17, 15) is 14.7 Å². The number of anilines is 4. The maximum absolute atomic E-state index is 13.1. The van der Waals surface area contributed by atoms with Crippen molar-refractivity contribution in [3.8, 4) is 5.75 Å². The number of benzene rings is 1. The number of methoxy groups -OCH3 is 5. The van der Waals surface area contributed by atoms with E-state index in [1.807, 2.05) is 14.7 Å². The number of aromatic nitrogens is 4. The number of nitrogens with zero attached hydrogens (tertiary/aromatic N) is 9. The van der Waals surface area contributed by atoms with Crippen LogP contribution in [0.15, 0.2) is 18.2 Å². The lowest BCUT2D eigenvalue weighted by Gasteiger charge is -2.35. The number of carboxylic acids is 1. The molecule has 2 aromatic heterocycles. The minimum atomic E-state index is -1.08. The Kier molecular flexibility index (Phi) is 13.6. The van der Waals surface area contributed by atoms with Crippen molar-refractivity contribution in [3.63, 3.8) is 0 Å². The van der Waals surface area contributed by atoms with Gasteiger partial charge in [-0.25, -0.2) is 14.8 Å². The molecule has 1 amide bonds. The molecule has 2 aliphatic rings. The summed E-state index contributed by atoms with van der Waals surface area (Å²) in [7, 11) is 9.92. The zero-order valence-electron chi connectivity index (χ0n) is 31.0. The van der Waals surface area contributed by atoms with E-state index in [0.717, 1.165) is 18.4 Å². The van der Waals surface area contributed by atoms with Gasteiger partial charge < -0.3 is 53.3 Å². The van der Waals surface area contributed by atoms with E-state index in [0.29, 0.717) is 107 Å². The monoisotopic (exact) mass is 725 g/mol. The first-order valence-corrected chi connectivity index (χ1v) is 17.4. The van der Waals surface area contributed by atoms with Crippen LogP contribution in [-0.4, -0.2) is 163 Å². The number of piperidine rings is 1. The fraction of sp³-hybridized carbons (Fsp3) is 0.600. The van der Waals surface area contributed by atoms with Gasteiger partial charge in [0.05, 0.1) is 39.6 Å². The highest BCUT2D eigenvalue weighted by Gasteiger charge is 2.31. The molecule has 52 heavy (non-hydrogen) atoms. The number of aromatic carboxylic acids is 1. The summed E-state index contributed by atoms with van der Waals surface area (Å²) in [5, 5.41) is 9.66. The van der Waals surface area contributed by atoms with Gasteiger partial charge in [0.2, 0.25) is 17.8 Å². The van der Waals surface area contributed by atoms with Crippen LogP contribution in [0.2, 0.25) is 0 Å². The summed E-state index contributed by atoms with van der Waals surface area (Å²) in [6.07, 6.45) is 1.79. The van der Waals surface area contributed by atoms with E-state index < -0.39 is 5.97 Å². The number of piperazine rings is 1. The first kappa shape index (κ1) is 38.6. The molecule has 17 heteroatoms. The lowest BCUT2D eigenvalue weighted by molar-refractivity contribution is -0.129. The van der Waals surface area contributed by atoms with Gasteiger partial charge in [0.1, 0.15) is 22.3 Å². The van der Waals surface area contributed by atoms with Gasteiger partial charge in [0, 0.05) is 87.8 Å². The summed E-state index contributed by atoms with van der Waals surface area (Å²) in [5.74, 6) is 1.23. The lowest BCUT2D eigenvalue weighted by atomic mass is 10.1. The summed E-state index contributed by atoms with van der Waals surface area (Å²) >= 11 is 0. The maximum atomic E-state index is 13.1. The van der Waals surface area contributed by atoms with Gasteiger partial charge in [0.25, 0.3) is 0 Å². The smallest absolute Gasteiger partial charge is 0.339 e. The second-order valence-corrected chi connectivity index (χ2v) is 12.8. The van der Waals surface area contributed by atoms with Crippen molar-refractivity contribution in [2.45, 2.75) is 25.5 Å². The number of hydrogen-bond donors (Lipinski definition) is 1. The normalized spacial score (nSPS) is 15.4. The summed E-state index contributed by atoms with van der Waals surface area (Å²) in [5.41, 5.74) is 1.96. The summed E-state index contributed by atoms with van der Waals surface area (Å²) < 4.78 is 27.5. The van der Waals surface area contributed by atoms with E-state index in [1.165, 1.54) is 13.2 Å². The predicted molar refractivity (Wildman–Crippen MR) is 196 cm³/mol. The molecule has 0 spiro atoms. The van der Waals surface area contributed by atoms with E-state index >= 15 is 0 Å². The van der Waals surface area contributed by atoms with Crippen molar-refractivity contribution in [2.24, 2.45) is 0 Å². The number of carboxylic acid groups (broad SMARTS) is 1. The van der Waals surface area contributed by atoms with Gasteiger partial charge in [-0.1, -0.05) is 6.07 Å². The van der Waals surface area contributed by atoms with Crippen LogP contribution in [0.25, 0.3) is 11.0 Å². The van der Waals surface area contributed by atoms with E-state index in [-0.39, 0.29) is 29.9 Å². The standard InChI is InChI=1S/C35H51N9O8/c1-40-13-14-43(23-28(40)45)32-30-29(37-35(39-32)44(17-20-50-4)22-24-7-8-26(33(46)47)27(21-24)52-6)31(41-11-9-25(51-5)10-12-41)38-34(36-30)42(15-18-48-2)16-19-49-3/h7-8,21,25H,9-20,22-23H2,1-6H3,(H,46,47). The van der Waals surface area contributed by atoms with E-state index in [4.69, 9.17) is 43.6 Å². The minimum absolute atomic E-state index is 0.0284. The van der Waals surface area contributed by atoms with Crippen molar-refractivity contribution in [1.82, 2.24) is 24.8 Å². The van der Waals surface area contributed by atoms with Gasteiger partial charge in [-0.15, -0.1) is 0 Å². The average molecular weight is 726 g/mol. The molecular formula is C35H51N9O8. The fourth-order valence-electron chi connectivity index (χ4n) is 6.33. The second-order valence-electron chi connectivity index (χ2n) is 12.8. The molecule has 0 aliphatic carbocycles. The van der Waals surface area contributed by atoms with Crippen LogP contribution in [-0.2, 0) is 30.3 Å². The molecule has 4 heterocycles. The van der Waals surface area contributed by atoms with Crippen LogP contribution in [0.5, 0.6) is 5.75 Å². The largest absolute Gasteiger partial charge is 0.496 e. The lowest BCUT2D eigenvalue weighted by Crippen LogP contribution is -2.49. The first-order valence-electron chi connectivity index (χ1n) is 17.4. The van der Waals surface area contributed by atoms with E-state index in [1.54, 1.807) is 52.5 Å². The van der Waals surface area contributed by atoms with Gasteiger partial charge in [0.15, 0.2) is 11.6 Å². The number of hydrogen-bond acceptors (Lipinski definition) is 15. The Hall–Kier alpha value is -4.58. The number of ether oxygens (including phenoxy) is 5. The number of carbonyl (C=O) groups is 2. The maximum Gasteiger partial charge on any atom is 0.339 e. The fourth-order valence-corrected chi connectivity index (χ4v) is 6.33. The molecule has 0 bridgehead atoms. The van der Waals surface area contributed by atoms with Crippen molar-refractivity contribution < 1.29 is 38.4 Å². The average Bonchev–Trinajstić information content (AvgIpc) is 3.16. The van der Waals surface area contributed by atoms with Crippen molar-refractivity contribution >= 4 is 46.4 Å². The molecule has 1 N–H and O–H groups in total. The Labute approximate surface area is 304 Å². The van der Waals surface area contributed by atoms with Gasteiger partial charge in [-0.3, -0.25) is 4.79 Å². The summed E-state index contributed by atoms with van der Waals surface area (Å²) in [6, 6.07) is 4.99. The molecule has 0 radical (unpaired) electrons. The minimum Gasteiger partial charge on any atom is -0.496 e. The Balaban J connectivity index is 1.71. The second kappa shape index (κ2) is 18.3. The zero-order valence-corrected chi connectivity index (χ0v) is 31.0. The topological polar surface area (TPSA) is 168 Å². The highest BCUT2D eigenvalue weighted by Crippen LogP contribution is 2.35. The van der Waals surface area contributed by atoms with Crippen LogP contribution in [0.4, 0.5) is 23.5 Å². The number of amides is 1. The first-order chi connectivity index (χ1) is 25.2.